The van der Waals surface area contributed by atoms with Gasteiger partial charge in [-0.25, -0.2) is 4.98 Å². The SMILES string of the molecule is O=C(/C=C/c1cccnc1)NCCCCC1CCN(C(=O)c2ccc(N3CCN(C(=O)COCCNc4cccc5c4CN(C4CCC(=O)NC4=O)C5=O)CC3)nc2)CC1. The Bertz CT molecular complexity index is 2050. The van der Waals surface area contributed by atoms with Crippen LogP contribution in [0.2, 0.25) is 0 Å². The van der Waals surface area contributed by atoms with Crippen molar-refractivity contribution < 1.29 is 33.5 Å². The van der Waals surface area contributed by atoms with E-state index in [0.29, 0.717) is 62.7 Å². The highest BCUT2D eigenvalue weighted by molar-refractivity contribution is 6.06. The number of piperazine rings is 1. The van der Waals surface area contributed by atoms with Gasteiger partial charge in [0.25, 0.3) is 11.8 Å². The number of likely N-dealkylation sites (tertiary alicyclic amines) is 1. The number of nitrogens with one attached hydrogen (secondary N) is 3. The van der Waals surface area contributed by atoms with Crippen LogP contribution < -0.4 is 20.9 Å². The number of fused-ring (bicyclic) bond motifs is 1. The molecule has 60 heavy (non-hydrogen) atoms. The van der Waals surface area contributed by atoms with Crippen LogP contribution in [0.15, 0.2) is 67.1 Å². The maximum atomic E-state index is 13.3. The van der Waals surface area contributed by atoms with E-state index in [1.54, 1.807) is 41.7 Å². The van der Waals surface area contributed by atoms with Gasteiger partial charge in [-0.1, -0.05) is 25.0 Å². The number of hydrogen-bond acceptors (Lipinski definition) is 11. The lowest BCUT2D eigenvalue weighted by Crippen LogP contribution is -2.52. The van der Waals surface area contributed by atoms with Crippen molar-refractivity contribution in [1.29, 1.82) is 0 Å². The summed E-state index contributed by atoms with van der Waals surface area (Å²) in [6, 6.07) is 12.2. The highest BCUT2D eigenvalue weighted by Gasteiger charge is 2.40. The molecule has 7 rings (SSSR count). The summed E-state index contributed by atoms with van der Waals surface area (Å²) in [5, 5.41) is 8.57. The van der Waals surface area contributed by atoms with E-state index >= 15 is 0 Å². The zero-order chi connectivity index (χ0) is 41.8. The predicted molar refractivity (Wildman–Crippen MR) is 224 cm³/mol. The third-order valence-corrected chi connectivity index (χ3v) is 11.7. The fraction of sp³-hybridized carbons (Fsp3) is 0.455. The van der Waals surface area contributed by atoms with Crippen LogP contribution >= 0.6 is 0 Å². The van der Waals surface area contributed by atoms with Crippen LogP contribution in [0.3, 0.4) is 0 Å². The normalized spacial score (nSPS) is 18.5. The van der Waals surface area contributed by atoms with Gasteiger partial charge in [0.05, 0.1) is 12.2 Å². The van der Waals surface area contributed by atoms with Crippen LogP contribution in [0.4, 0.5) is 11.5 Å². The van der Waals surface area contributed by atoms with Crippen molar-refractivity contribution in [1.82, 2.24) is 35.3 Å². The lowest BCUT2D eigenvalue weighted by Gasteiger charge is -2.35. The molecule has 3 saturated heterocycles. The molecule has 16 heteroatoms. The highest BCUT2D eigenvalue weighted by Crippen LogP contribution is 2.32. The number of imide groups is 1. The van der Waals surface area contributed by atoms with Gasteiger partial charge in [0, 0.05) is 107 Å². The topological polar surface area (TPSA) is 186 Å². The molecule has 1 unspecified atom stereocenters. The first-order chi connectivity index (χ1) is 29.2. The molecule has 16 nitrogen and oxygen atoms in total. The number of piperidine rings is 2. The monoisotopic (exact) mass is 819 g/mol. The molecule has 2 aromatic heterocycles. The molecule has 6 amide bonds. The molecule has 0 radical (unpaired) electrons. The first-order valence-electron chi connectivity index (χ1n) is 21.0. The Morgan fingerprint density at radius 1 is 0.883 bits per heavy atom. The number of carbonyl (C=O) groups is 6. The van der Waals surface area contributed by atoms with Gasteiger partial charge in [0.1, 0.15) is 18.5 Å². The molecule has 4 aliphatic heterocycles. The second-order valence-corrected chi connectivity index (χ2v) is 15.6. The molecule has 316 valence electrons. The Morgan fingerprint density at radius 2 is 1.72 bits per heavy atom. The number of rotatable bonds is 16. The van der Waals surface area contributed by atoms with Gasteiger partial charge in [0.2, 0.25) is 23.6 Å². The second kappa shape index (κ2) is 20.2. The first-order valence-corrected chi connectivity index (χ1v) is 21.0. The Balaban J connectivity index is 0.751. The molecule has 4 aliphatic rings. The molecule has 0 spiro atoms. The van der Waals surface area contributed by atoms with Crippen LogP contribution in [0.1, 0.15) is 76.8 Å². The summed E-state index contributed by atoms with van der Waals surface area (Å²) in [7, 11) is 0. The van der Waals surface area contributed by atoms with E-state index < -0.39 is 11.9 Å². The predicted octanol–water partition coefficient (Wildman–Crippen LogP) is 2.87. The molecule has 0 aliphatic carbocycles. The molecule has 3 N–H and O–H groups in total. The van der Waals surface area contributed by atoms with E-state index in [-0.39, 0.29) is 55.7 Å². The van der Waals surface area contributed by atoms with Gasteiger partial charge in [-0.3, -0.25) is 39.1 Å². The van der Waals surface area contributed by atoms with Crippen molar-refractivity contribution in [3.63, 3.8) is 0 Å². The lowest BCUT2D eigenvalue weighted by molar-refractivity contribution is -0.137. The summed E-state index contributed by atoms with van der Waals surface area (Å²) in [4.78, 5) is 91.4. The van der Waals surface area contributed by atoms with E-state index in [1.807, 2.05) is 35.2 Å². The van der Waals surface area contributed by atoms with Crippen LogP contribution in [0.25, 0.3) is 6.08 Å². The number of anilines is 2. The van der Waals surface area contributed by atoms with Gasteiger partial charge in [-0.15, -0.1) is 0 Å². The average molecular weight is 820 g/mol. The van der Waals surface area contributed by atoms with E-state index in [4.69, 9.17) is 4.74 Å². The summed E-state index contributed by atoms with van der Waals surface area (Å²) in [5.74, 6) is 0.152. The van der Waals surface area contributed by atoms with Crippen LogP contribution in [-0.4, -0.2) is 132 Å². The van der Waals surface area contributed by atoms with Crippen molar-refractivity contribution in [2.24, 2.45) is 5.92 Å². The summed E-state index contributed by atoms with van der Waals surface area (Å²) in [6.07, 6.45) is 13.8. The molecule has 3 aromatic rings. The van der Waals surface area contributed by atoms with Crippen molar-refractivity contribution >= 4 is 53.0 Å². The summed E-state index contributed by atoms with van der Waals surface area (Å²) in [5.41, 5.74) is 3.55. The number of nitrogens with zero attached hydrogens (tertiary/aromatic N) is 6. The fourth-order valence-corrected chi connectivity index (χ4v) is 8.23. The molecular formula is C44H53N9O7. The second-order valence-electron chi connectivity index (χ2n) is 15.6. The minimum atomic E-state index is -0.677. The number of unbranched alkanes of at least 4 members (excludes halogenated alkanes) is 1. The summed E-state index contributed by atoms with van der Waals surface area (Å²) < 4.78 is 5.71. The van der Waals surface area contributed by atoms with Gasteiger partial charge in [0.15, 0.2) is 0 Å². The standard InChI is InChI=1S/C44H53N9O7/c54-39(13-9-32-6-4-17-45-27-32)47-18-2-1-5-31-15-20-52(21-16-31)43(58)33-10-12-38(48-28-33)50-22-24-51(25-23-50)41(56)30-60-26-19-46-36-8-3-7-34-35(36)29-53(44(34)59)37-11-14-40(55)49-42(37)57/h3-4,6-10,12-13,17,27-28,31,37,46H,1-2,5,11,14-16,18-26,29-30H2,(H,47,54)(H,49,55,57)/b13-9+. The fourth-order valence-electron chi connectivity index (χ4n) is 8.23. The molecular weight excluding hydrogens is 767 g/mol. The molecule has 1 aromatic carbocycles. The molecule has 0 bridgehead atoms. The van der Waals surface area contributed by atoms with E-state index in [0.717, 1.165) is 67.8 Å². The molecule has 6 heterocycles. The van der Waals surface area contributed by atoms with Crippen LogP contribution in [0.5, 0.6) is 0 Å². The quantitative estimate of drug-likeness (QED) is 0.110. The summed E-state index contributed by atoms with van der Waals surface area (Å²) in [6.45, 7) is 5.31. The number of amides is 6. The van der Waals surface area contributed by atoms with E-state index in [2.05, 4.69) is 30.8 Å². The lowest BCUT2D eigenvalue weighted by atomic mass is 9.91. The number of aromatic nitrogens is 2. The van der Waals surface area contributed by atoms with E-state index in [9.17, 15) is 28.8 Å². The Hall–Kier alpha value is -6.16. The zero-order valence-corrected chi connectivity index (χ0v) is 33.9. The number of carbonyl (C=O) groups excluding carboxylic acids is 6. The highest BCUT2D eigenvalue weighted by atomic mass is 16.5. The maximum Gasteiger partial charge on any atom is 0.255 e. The number of pyridine rings is 2. The van der Waals surface area contributed by atoms with Crippen molar-refractivity contribution in [3.8, 4) is 0 Å². The molecule has 3 fully saturated rings. The number of hydrogen-bond donors (Lipinski definition) is 3. The summed E-state index contributed by atoms with van der Waals surface area (Å²) >= 11 is 0. The van der Waals surface area contributed by atoms with Crippen molar-refractivity contribution in [2.75, 3.05) is 75.8 Å². The molecule has 0 saturated carbocycles. The Morgan fingerprint density at radius 3 is 2.47 bits per heavy atom. The largest absolute Gasteiger partial charge is 0.382 e. The third kappa shape index (κ3) is 10.7. The number of benzene rings is 1. The van der Waals surface area contributed by atoms with Gasteiger partial charge >= 0.3 is 0 Å². The van der Waals surface area contributed by atoms with Crippen molar-refractivity contribution in [2.45, 2.75) is 57.5 Å². The Labute approximate surface area is 349 Å². The van der Waals surface area contributed by atoms with Crippen LogP contribution in [0, 0.1) is 5.92 Å². The third-order valence-electron chi connectivity index (χ3n) is 11.7. The minimum Gasteiger partial charge on any atom is -0.382 e. The Kier molecular flexibility index (Phi) is 14.1. The van der Waals surface area contributed by atoms with Crippen LogP contribution in [-0.2, 0) is 30.5 Å². The van der Waals surface area contributed by atoms with Gasteiger partial charge in [-0.2, -0.15) is 0 Å². The first kappa shape index (κ1) is 42.0. The average Bonchev–Trinajstić information content (AvgIpc) is 3.61. The smallest absolute Gasteiger partial charge is 0.255 e. The molecule has 1 atom stereocenters. The maximum absolute atomic E-state index is 13.3. The van der Waals surface area contributed by atoms with Crippen molar-refractivity contribution in [3.05, 3.63) is 89.4 Å². The van der Waals surface area contributed by atoms with Gasteiger partial charge < -0.3 is 35.0 Å². The zero-order valence-electron chi connectivity index (χ0n) is 33.9. The van der Waals surface area contributed by atoms with Gasteiger partial charge in [-0.05, 0) is 73.6 Å². The minimum absolute atomic E-state index is 0.000583. The number of ether oxygens (including phenoxy) is 1. The van der Waals surface area contributed by atoms with E-state index in [1.165, 1.54) is 11.0 Å².